The van der Waals surface area contributed by atoms with Crippen LogP contribution in [0.5, 0.6) is 23.0 Å². The summed E-state index contributed by atoms with van der Waals surface area (Å²) in [6.07, 6.45) is 1.48. The second kappa shape index (κ2) is 9.57. The minimum Gasteiger partial charge on any atom is -0.493 e. The molecule has 4 aromatic rings. The molecule has 0 saturated carbocycles. The highest BCUT2D eigenvalue weighted by atomic mass is 19.2. The lowest BCUT2D eigenvalue weighted by atomic mass is 10.2. The average Bonchev–Trinajstić information content (AvgIpc) is 2.82. The van der Waals surface area contributed by atoms with Gasteiger partial charge in [-0.25, -0.2) is 18.0 Å². The van der Waals surface area contributed by atoms with Gasteiger partial charge in [0.15, 0.2) is 23.1 Å². The number of carbonyl (C=O) groups is 1. The number of nitrogens with one attached hydrogen (secondary N) is 2. The fourth-order valence-corrected chi connectivity index (χ4v) is 3.15. The van der Waals surface area contributed by atoms with Crippen molar-refractivity contribution >= 4 is 28.3 Å². The number of hydrogen-bond acceptors (Lipinski definition) is 5. The number of fused-ring (bicyclic) bond motifs is 1. The van der Waals surface area contributed by atoms with Crippen LogP contribution in [0, 0.1) is 17.5 Å². The van der Waals surface area contributed by atoms with E-state index in [1.807, 2.05) is 0 Å². The Hall–Kier alpha value is -4.47. The van der Waals surface area contributed by atoms with Gasteiger partial charge in [-0.3, -0.25) is 4.98 Å². The van der Waals surface area contributed by atoms with Crippen molar-refractivity contribution in [3.05, 3.63) is 78.2 Å². The number of urea groups is 1. The largest absolute Gasteiger partial charge is 0.493 e. The maximum absolute atomic E-state index is 14.5. The Kier molecular flexibility index (Phi) is 6.39. The van der Waals surface area contributed by atoms with Crippen LogP contribution in [0.1, 0.15) is 0 Å². The maximum atomic E-state index is 14.5. The Morgan fingerprint density at radius 2 is 1.56 bits per heavy atom. The summed E-state index contributed by atoms with van der Waals surface area (Å²) in [5, 5.41) is 5.31. The van der Waals surface area contributed by atoms with Gasteiger partial charge in [-0.2, -0.15) is 0 Å². The van der Waals surface area contributed by atoms with Crippen molar-refractivity contribution in [2.45, 2.75) is 0 Å². The summed E-state index contributed by atoms with van der Waals surface area (Å²) < 4.78 is 57.0. The third kappa shape index (κ3) is 4.96. The van der Waals surface area contributed by atoms with Crippen molar-refractivity contribution < 1.29 is 32.2 Å². The van der Waals surface area contributed by atoms with Gasteiger partial charge >= 0.3 is 6.03 Å². The molecule has 10 heteroatoms. The number of amides is 2. The van der Waals surface area contributed by atoms with Gasteiger partial charge in [0, 0.05) is 29.3 Å². The van der Waals surface area contributed by atoms with Crippen LogP contribution in [0.4, 0.5) is 29.3 Å². The molecule has 0 fully saturated rings. The van der Waals surface area contributed by atoms with Crippen LogP contribution in [-0.2, 0) is 0 Å². The number of benzene rings is 3. The summed E-state index contributed by atoms with van der Waals surface area (Å²) in [5.74, 6) is -1.34. The van der Waals surface area contributed by atoms with Crippen molar-refractivity contribution in [1.82, 2.24) is 4.98 Å². The molecule has 0 aliphatic rings. The molecule has 0 aliphatic carbocycles. The monoisotopic (exact) mass is 469 g/mol. The van der Waals surface area contributed by atoms with Crippen molar-refractivity contribution in [3.8, 4) is 23.0 Å². The number of anilines is 2. The van der Waals surface area contributed by atoms with Crippen LogP contribution in [0.25, 0.3) is 10.9 Å². The second-order valence-electron chi connectivity index (χ2n) is 7.02. The van der Waals surface area contributed by atoms with Crippen LogP contribution in [0.15, 0.2) is 60.8 Å². The molecule has 2 amide bonds. The van der Waals surface area contributed by atoms with E-state index in [2.05, 4.69) is 15.6 Å². The van der Waals surface area contributed by atoms with E-state index in [0.717, 1.165) is 23.6 Å². The number of aromatic nitrogens is 1. The van der Waals surface area contributed by atoms with E-state index >= 15 is 0 Å². The first kappa shape index (κ1) is 22.7. The first-order valence-corrected chi connectivity index (χ1v) is 9.88. The molecule has 1 heterocycles. The molecule has 0 radical (unpaired) electrons. The summed E-state index contributed by atoms with van der Waals surface area (Å²) in [6.45, 7) is 0. The average molecular weight is 469 g/mol. The van der Waals surface area contributed by atoms with Gasteiger partial charge in [0.1, 0.15) is 17.3 Å². The zero-order valence-electron chi connectivity index (χ0n) is 18.0. The number of hydrogen-bond donors (Lipinski definition) is 2. The number of ether oxygens (including phenoxy) is 3. The summed E-state index contributed by atoms with van der Waals surface area (Å²) in [7, 11) is 3.05. The molecule has 0 atom stereocenters. The van der Waals surface area contributed by atoms with E-state index in [0.29, 0.717) is 22.8 Å². The Labute approximate surface area is 192 Å². The summed E-state index contributed by atoms with van der Waals surface area (Å²) in [4.78, 5) is 16.4. The third-order valence-corrected chi connectivity index (χ3v) is 4.76. The lowest BCUT2D eigenvalue weighted by Gasteiger charge is -2.12. The summed E-state index contributed by atoms with van der Waals surface area (Å²) in [5.41, 5.74) is 0.526. The molecule has 7 nitrogen and oxygen atoms in total. The highest BCUT2D eigenvalue weighted by Gasteiger charge is 2.12. The molecule has 2 N–H and O–H groups in total. The van der Waals surface area contributed by atoms with Crippen molar-refractivity contribution in [1.29, 1.82) is 0 Å². The molecular formula is C24H18F3N3O4. The van der Waals surface area contributed by atoms with Gasteiger partial charge < -0.3 is 24.8 Å². The standard InChI is InChI=1S/C24H18F3N3O4/c1-32-22-8-13-7-16(12-28-21(13)11-23(22)33-2)34-15-4-6-20(19(27)10-15)30-24(31)29-14-3-5-17(25)18(26)9-14/h3-12H,1-2H3,(H2,29,30,31). The number of methoxy groups -OCH3 is 2. The van der Waals surface area contributed by atoms with Crippen LogP contribution in [0.2, 0.25) is 0 Å². The molecule has 0 saturated heterocycles. The Morgan fingerprint density at radius 3 is 2.26 bits per heavy atom. The number of halogens is 3. The predicted octanol–water partition coefficient (Wildman–Crippen LogP) is 6.11. The van der Waals surface area contributed by atoms with E-state index < -0.39 is 23.5 Å². The molecule has 34 heavy (non-hydrogen) atoms. The van der Waals surface area contributed by atoms with Crippen LogP contribution in [0.3, 0.4) is 0 Å². The van der Waals surface area contributed by atoms with Crippen LogP contribution in [-0.4, -0.2) is 25.2 Å². The zero-order valence-corrected chi connectivity index (χ0v) is 18.0. The van der Waals surface area contributed by atoms with Crippen LogP contribution < -0.4 is 24.8 Å². The van der Waals surface area contributed by atoms with E-state index in [1.54, 1.807) is 18.2 Å². The topological polar surface area (TPSA) is 81.7 Å². The van der Waals surface area contributed by atoms with Crippen molar-refractivity contribution in [3.63, 3.8) is 0 Å². The highest BCUT2D eigenvalue weighted by Crippen LogP contribution is 2.34. The Morgan fingerprint density at radius 1 is 0.794 bits per heavy atom. The minimum absolute atomic E-state index is 0.00909. The third-order valence-electron chi connectivity index (χ3n) is 4.76. The minimum atomic E-state index is -1.12. The molecule has 0 unspecified atom stereocenters. The molecule has 0 bridgehead atoms. The Balaban J connectivity index is 1.46. The van der Waals surface area contributed by atoms with Gasteiger partial charge in [0.2, 0.25) is 0 Å². The number of nitrogens with zero attached hydrogens (tertiary/aromatic N) is 1. The predicted molar refractivity (Wildman–Crippen MR) is 120 cm³/mol. The normalized spacial score (nSPS) is 10.6. The number of pyridine rings is 1. The molecular weight excluding hydrogens is 451 g/mol. The highest BCUT2D eigenvalue weighted by molar-refractivity contribution is 5.99. The SMILES string of the molecule is COc1cc2cc(Oc3ccc(NC(=O)Nc4ccc(F)c(F)c4)c(F)c3)cnc2cc1OC. The maximum Gasteiger partial charge on any atom is 0.323 e. The van der Waals surface area contributed by atoms with E-state index in [9.17, 15) is 18.0 Å². The van der Waals surface area contributed by atoms with E-state index in [4.69, 9.17) is 14.2 Å². The molecule has 0 spiro atoms. The fraction of sp³-hybridized carbons (Fsp3) is 0.0833. The summed E-state index contributed by atoms with van der Waals surface area (Å²) >= 11 is 0. The molecule has 4 rings (SSSR count). The van der Waals surface area contributed by atoms with Gasteiger partial charge in [0.05, 0.1) is 31.6 Å². The van der Waals surface area contributed by atoms with Gasteiger partial charge in [0.25, 0.3) is 0 Å². The quantitative estimate of drug-likeness (QED) is 0.356. The fourth-order valence-electron chi connectivity index (χ4n) is 3.15. The molecule has 0 aliphatic heterocycles. The summed E-state index contributed by atoms with van der Waals surface area (Å²) in [6, 6.07) is 11.0. The molecule has 1 aromatic heterocycles. The van der Waals surface area contributed by atoms with Gasteiger partial charge in [-0.1, -0.05) is 0 Å². The number of carbonyl (C=O) groups excluding carboxylic acids is 1. The molecule has 3 aromatic carbocycles. The van der Waals surface area contributed by atoms with Gasteiger partial charge in [-0.15, -0.1) is 0 Å². The van der Waals surface area contributed by atoms with Crippen molar-refractivity contribution in [2.24, 2.45) is 0 Å². The van der Waals surface area contributed by atoms with E-state index in [-0.39, 0.29) is 17.1 Å². The molecule has 174 valence electrons. The smallest absolute Gasteiger partial charge is 0.323 e. The zero-order chi connectivity index (χ0) is 24.2. The van der Waals surface area contributed by atoms with E-state index in [1.165, 1.54) is 38.6 Å². The lowest BCUT2D eigenvalue weighted by molar-refractivity contribution is 0.262. The second-order valence-corrected chi connectivity index (χ2v) is 7.02. The first-order valence-electron chi connectivity index (χ1n) is 9.88. The van der Waals surface area contributed by atoms with Crippen LogP contribution >= 0.6 is 0 Å². The first-order chi connectivity index (χ1) is 16.4. The van der Waals surface area contributed by atoms with Crippen molar-refractivity contribution in [2.75, 3.05) is 24.9 Å². The lowest BCUT2D eigenvalue weighted by Crippen LogP contribution is -2.20. The number of rotatable bonds is 6. The van der Waals surface area contributed by atoms with Gasteiger partial charge in [-0.05, 0) is 36.4 Å². The Bertz CT molecular complexity index is 1380.